The van der Waals surface area contributed by atoms with E-state index in [1.807, 2.05) is 17.8 Å². The summed E-state index contributed by atoms with van der Waals surface area (Å²) in [7, 11) is 0. The third-order valence-electron chi connectivity index (χ3n) is 2.53. The van der Waals surface area contributed by atoms with Gasteiger partial charge in [0.25, 0.3) is 0 Å². The molecule has 1 amide bonds. The highest BCUT2D eigenvalue weighted by molar-refractivity contribution is 7.99. The highest BCUT2D eigenvalue weighted by Crippen LogP contribution is 2.28. The van der Waals surface area contributed by atoms with E-state index in [2.05, 4.69) is 5.32 Å². The number of thioether (sulfide) groups is 1. The van der Waals surface area contributed by atoms with Gasteiger partial charge in [0.1, 0.15) is 5.82 Å². The summed E-state index contributed by atoms with van der Waals surface area (Å²) in [6.45, 7) is 0. The lowest BCUT2D eigenvalue weighted by Gasteiger charge is -2.14. The number of allylic oxidation sites excluding steroid dienone is 1. The van der Waals surface area contributed by atoms with Crippen LogP contribution in [0.5, 0.6) is 0 Å². The van der Waals surface area contributed by atoms with Crippen LogP contribution in [0.1, 0.15) is 12.0 Å². The Morgan fingerprint density at radius 2 is 2.29 bits per heavy atom. The van der Waals surface area contributed by atoms with Crippen LogP contribution in [0, 0.1) is 5.82 Å². The van der Waals surface area contributed by atoms with Gasteiger partial charge in [0.15, 0.2) is 0 Å². The third kappa shape index (κ3) is 3.00. The van der Waals surface area contributed by atoms with Gasteiger partial charge in [-0.05, 0) is 35.9 Å². The van der Waals surface area contributed by atoms with E-state index in [1.54, 1.807) is 12.1 Å². The van der Waals surface area contributed by atoms with Crippen molar-refractivity contribution in [1.29, 1.82) is 0 Å². The maximum atomic E-state index is 13.8. The Hall–Kier alpha value is -1.49. The van der Waals surface area contributed by atoms with Crippen molar-refractivity contribution in [3.05, 3.63) is 35.7 Å². The molecule has 0 aromatic heterocycles. The van der Waals surface area contributed by atoms with E-state index < -0.39 is 6.09 Å². The first-order chi connectivity index (χ1) is 8.16. The number of hydrogen-bond acceptors (Lipinski definition) is 2. The molecular weight excluding hydrogens is 241 g/mol. The van der Waals surface area contributed by atoms with Crippen LogP contribution in [-0.4, -0.2) is 22.7 Å². The van der Waals surface area contributed by atoms with Crippen LogP contribution in [-0.2, 0) is 0 Å². The van der Waals surface area contributed by atoms with Crippen molar-refractivity contribution in [2.45, 2.75) is 6.42 Å². The second-order valence-corrected chi connectivity index (χ2v) is 4.83. The summed E-state index contributed by atoms with van der Waals surface area (Å²) < 4.78 is 13.8. The summed E-state index contributed by atoms with van der Waals surface area (Å²) in [5.74, 6) is 1.53. The lowest BCUT2D eigenvalue weighted by Crippen LogP contribution is -2.08. The van der Waals surface area contributed by atoms with Crippen LogP contribution in [0.25, 0.3) is 5.57 Å². The van der Waals surface area contributed by atoms with E-state index in [9.17, 15) is 9.18 Å². The van der Waals surface area contributed by atoms with Gasteiger partial charge in [-0.2, -0.15) is 11.8 Å². The van der Waals surface area contributed by atoms with Crippen molar-refractivity contribution in [2.24, 2.45) is 0 Å². The summed E-state index contributed by atoms with van der Waals surface area (Å²) in [6.07, 6.45) is 1.69. The highest BCUT2D eigenvalue weighted by Gasteiger charge is 2.11. The maximum absolute atomic E-state index is 13.8. The van der Waals surface area contributed by atoms with Crippen molar-refractivity contribution in [3.63, 3.8) is 0 Å². The van der Waals surface area contributed by atoms with E-state index in [-0.39, 0.29) is 11.5 Å². The zero-order chi connectivity index (χ0) is 12.3. The number of halogens is 1. The molecule has 1 aliphatic heterocycles. The lowest BCUT2D eigenvalue weighted by atomic mass is 10.0. The summed E-state index contributed by atoms with van der Waals surface area (Å²) in [5, 5.41) is 10.7. The minimum Gasteiger partial charge on any atom is -0.465 e. The Balaban J connectivity index is 2.25. The molecule has 0 unspecified atom stereocenters. The SMILES string of the molecule is O=C(O)Nc1ccc(C2=CCSCC2)c(F)c1. The van der Waals surface area contributed by atoms with Gasteiger partial charge in [0.05, 0.1) is 0 Å². The van der Waals surface area contributed by atoms with Crippen LogP contribution in [0.2, 0.25) is 0 Å². The normalized spacial score (nSPS) is 15.2. The van der Waals surface area contributed by atoms with Crippen LogP contribution >= 0.6 is 11.8 Å². The zero-order valence-corrected chi connectivity index (χ0v) is 9.89. The fourth-order valence-electron chi connectivity index (χ4n) is 1.75. The summed E-state index contributed by atoms with van der Waals surface area (Å²) in [4.78, 5) is 10.4. The van der Waals surface area contributed by atoms with Gasteiger partial charge < -0.3 is 5.11 Å². The lowest BCUT2D eigenvalue weighted by molar-refractivity contribution is 0.209. The Bertz CT molecular complexity index is 474. The molecule has 0 radical (unpaired) electrons. The second-order valence-electron chi connectivity index (χ2n) is 3.68. The third-order valence-corrected chi connectivity index (χ3v) is 3.42. The molecular formula is C12H12FNO2S. The fourth-order valence-corrected chi connectivity index (χ4v) is 2.60. The number of carbonyl (C=O) groups is 1. The predicted octanol–water partition coefficient (Wildman–Crippen LogP) is 3.44. The van der Waals surface area contributed by atoms with Crippen molar-refractivity contribution in [3.8, 4) is 0 Å². The molecule has 0 fully saturated rings. The molecule has 1 aromatic carbocycles. The molecule has 0 bridgehead atoms. The van der Waals surface area contributed by atoms with Gasteiger partial charge in [-0.15, -0.1) is 0 Å². The number of carboxylic acid groups (broad SMARTS) is 1. The van der Waals surface area contributed by atoms with Crippen LogP contribution in [0.15, 0.2) is 24.3 Å². The van der Waals surface area contributed by atoms with E-state index in [1.165, 1.54) is 6.07 Å². The molecule has 0 aliphatic carbocycles. The Kier molecular flexibility index (Phi) is 3.68. The average Bonchev–Trinajstić information content (AvgIpc) is 2.29. The predicted molar refractivity (Wildman–Crippen MR) is 68.0 cm³/mol. The second kappa shape index (κ2) is 5.23. The molecule has 0 atom stereocenters. The number of nitrogens with one attached hydrogen (secondary N) is 1. The van der Waals surface area contributed by atoms with E-state index >= 15 is 0 Å². The molecule has 1 aliphatic rings. The quantitative estimate of drug-likeness (QED) is 0.848. The van der Waals surface area contributed by atoms with Crippen LogP contribution in [0.4, 0.5) is 14.9 Å². The Labute approximate surface area is 103 Å². The number of hydrogen-bond donors (Lipinski definition) is 2. The topological polar surface area (TPSA) is 49.3 Å². The van der Waals surface area contributed by atoms with E-state index in [0.29, 0.717) is 5.56 Å². The van der Waals surface area contributed by atoms with Gasteiger partial charge >= 0.3 is 6.09 Å². The van der Waals surface area contributed by atoms with Gasteiger partial charge in [0, 0.05) is 17.0 Å². The molecule has 5 heteroatoms. The largest absolute Gasteiger partial charge is 0.465 e. The highest BCUT2D eigenvalue weighted by atomic mass is 32.2. The van der Waals surface area contributed by atoms with Crippen molar-refractivity contribution < 1.29 is 14.3 Å². The zero-order valence-electron chi connectivity index (χ0n) is 9.07. The standard InChI is InChI=1S/C12H12FNO2S/c13-11-7-9(14-12(15)16)1-2-10(11)8-3-5-17-6-4-8/h1-3,7,14H,4-6H2,(H,15,16). The first kappa shape index (κ1) is 12.0. The number of anilines is 1. The monoisotopic (exact) mass is 253 g/mol. The fraction of sp³-hybridized carbons (Fsp3) is 0.250. The number of amides is 1. The number of benzene rings is 1. The molecule has 90 valence electrons. The summed E-state index contributed by atoms with van der Waals surface area (Å²) in [6, 6.07) is 4.42. The average molecular weight is 253 g/mol. The summed E-state index contributed by atoms with van der Waals surface area (Å²) in [5.41, 5.74) is 1.83. The minimum atomic E-state index is -1.19. The van der Waals surface area contributed by atoms with Gasteiger partial charge in [-0.3, -0.25) is 5.32 Å². The molecule has 2 rings (SSSR count). The van der Waals surface area contributed by atoms with E-state index in [0.717, 1.165) is 23.5 Å². The van der Waals surface area contributed by atoms with E-state index in [4.69, 9.17) is 5.11 Å². The smallest absolute Gasteiger partial charge is 0.409 e. The van der Waals surface area contributed by atoms with Crippen LogP contribution < -0.4 is 5.32 Å². The minimum absolute atomic E-state index is 0.254. The molecule has 1 heterocycles. The van der Waals surface area contributed by atoms with Gasteiger partial charge in [-0.1, -0.05) is 6.08 Å². The Morgan fingerprint density at radius 1 is 1.47 bits per heavy atom. The van der Waals surface area contributed by atoms with Crippen molar-refractivity contribution in [2.75, 3.05) is 16.8 Å². The first-order valence-electron chi connectivity index (χ1n) is 5.23. The van der Waals surface area contributed by atoms with Crippen molar-refractivity contribution in [1.82, 2.24) is 0 Å². The molecule has 0 saturated heterocycles. The van der Waals surface area contributed by atoms with Gasteiger partial charge in [0.2, 0.25) is 0 Å². The maximum Gasteiger partial charge on any atom is 0.409 e. The molecule has 0 spiro atoms. The van der Waals surface area contributed by atoms with Crippen molar-refractivity contribution >= 4 is 29.1 Å². The van der Waals surface area contributed by atoms with Crippen LogP contribution in [0.3, 0.4) is 0 Å². The molecule has 17 heavy (non-hydrogen) atoms. The molecule has 0 saturated carbocycles. The molecule has 3 nitrogen and oxygen atoms in total. The number of rotatable bonds is 2. The molecule has 2 N–H and O–H groups in total. The Morgan fingerprint density at radius 3 is 2.88 bits per heavy atom. The summed E-state index contributed by atoms with van der Waals surface area (Å²) >= 11 is 1.82. The molecule has 1 aromatic rings. The first-order valence-corrected chi connectivity index (χ1v) is 6.39. The van der Waals surface area contributed by atoms with Gasteiger partial charge in [-0.25, -0.2) is 9.18 Å².